The van der Waals surface area contributed by atoms with Crippen LogP contribution in [0.1, 0.15) is 11.1 Å². The normalized spacial score (nSPS) is 10.7. The number of nitrogens with one attached hydrogen (secondary N) is 2. The Bertz CT molecular complexity index is 1120. The van der Waals surface area contributed by atoms with Crippen molar-refractivity contribution in [2.75, 3.05) is 5.32 Å². The fourth-order valence-corrected chi connectivity index (χ4v) is 2.75. The Morgan fingerprint density at radius 2 is 1.74 bits per heavy atom. The average molecular weight is 460 g/mol. The summed E-state index contributed by atoms with van der Waals surface area (Å²) in [6.07, 6.45) is 1.36. The molecule has 0 saturated carbocycles. The molecule has 3 aromatic rings. The van der Waals surface area contributed by atoms with Crippen LogP contribution in [0.2, 0.25) is 10.0 Å². The molecule has 0 saturated heterocycles. The van der Waals surface area contributed by atoms with Crippen LogP contribution in [0.5, 0.6) is 5.75 Å². The van der Waals surface area contributed by atoms with Crippen molar-refractivity contribution < 1.29 is 18.7 Å². The van der Waals surface area contributed by atoms with Gasteiger partial charge in [0.1, 0.15) is 18.2 Å². The van der Waals surface area contributed by atoms with E-state index in [-0.39, 0.29) is 23.1 Å². The highest BCUT2D eigenvalue weighted by Gasteiger charge is 2.14. The molecule has 0 heterocycles. The summed E-state index contributed by atoms with van der Waals surface area (Å²) in [5, 5.41) is 6.70. The molecule has 0 radical (unpaired) electrons. The quantitative estimate of drug-likeness (QED) is 0.315. The first-order valence-electron chi connectivity index (χ1n) is 8.98. The molecule has 0 unspecified atom stereocenters. The number of nitrogens with zero attached hydrogens (tertiary/aromatic N) is 1. The van der Waals surface area contributed by atoms with E-state index in [4.69, 9.17) is 27.9 Å². The van der Waals surface area contributed by atoms with Gasteiger partial charge in [0.2, 0.25) is 0 Å². The number of ether oxygens (including phenoxy) is 1. The number of halogens is 3. The number of carbonyl (C=O) groups excluding carboxylic acids is 2. The SMILES string of the molecule is O=C(N/N=C/c1ccc(OCc2ccccc2F)cc1)C(=O)Nc1cc(Cl)ccc1Cl. The highest BCUT2D eigenvalue weighted by molar-refractivity contribution is 6.42. The Morgan fingerprint density at radius 1 is 1.00 bits per heavy atom. The maximum Gasteiger partial charge on any atom is 0.329 e. The summed E-state index contributed by atoms with van der Waals surface area (Å²) in [6.45, 7) is 0.0991. The van der Waals surface area contributed by atoms with Gasteiger partial charge in [-0.15, -0.1) is 0 Å². The molecule has 0 aromatic heterocycles. The van der Waals surface area contributed by atoms with E-state index in [1.165, 1.54) is 24.4 Å². The van der Waals surface area contributed by atoms with Crippen molar-refractivity contribution in [1.82, 2.24) is 5.43 Å². The Kier molecular flexibility index (Phi) is 7.59. The lowest BCUT2D eigenvalue weighted by atomic mass is 10.2. The minimum atomic E-state index is -0.975. The summed E-state index contributed by atoms with van der Waals surface area (Å²) in [7, 11) is 0. The van der Waals surface area contributed by atoms with Crippen molar-refractivity contribution in [3.63, 3.8) is 0 Å². The van der Waals surface area contributed by atoms with E-state index >= 15 is 0 Å². The molecule has 0 atom stereocenters. The van der Waals surface area contributed by atoms with E-state index in [9.17, 15) is 14.0 Å². The number of hydrogen-bond acceptors (Lipinski definition) is 4. The van der Waals surface area contributed by atoms with Crippen LogP contribution in [-0.4, -0.2) is 18.0 Å². The Morgan fingerprint density at radius 3 is 2.48 bits per heavy atom. The van der Waals surface area contributed by atoms with E-state index in [1.807, 2.05) is 0 Å². The van der Waals surface area contributed by atoms with Crippen LogP contribution in [0.4, 0.5) is 10.1 Å². The molecule has 3 rings (SSSR count). The van der Waals surface area contributed by atoms with Crippen molar-refractivity contribution in [3.05, 3.63) is 93.7 Å². The summed E-state index contributed by atoms with van der Waals surface area (Å²) in [5.74, 6) is -1.71. The van der Waals surface area contributed by atoms with Crippen LogP contribution in [0.15, 0.2) is 71.8 Å². The standard InChI is InChI=1S/C22H16Cl2FN3O3/c23-16-7-10-18(24)20(11-16)27-21(29)22(30)28-26-12-14-5-8-17(9-6-14)31-13-15-3-1-2-4-19(15)25/h1-12H,13H2,(H,27,29)(H,28,30)/b26-12+. The third kappa shape index (κ3) is 6.53. The van der Waals surface area contributed by atoms with Gasteiger partial charge in [-0.3, -0.25) is 9.59 Å². The van der Waals surface area contributed by atoms with E-state index in [2.05, 4.69) is 15.8 Å². The van der Waals surface area contributed by atoms with Crippen molar-refractivity contribution >= 4 is 46.9 Å². The van der Waals surface area contributed by atoms with Gasteiger partial charge in [-0.2, -0.15) is 5.10 Å². The van der Waals surface area contributed by atoms with Gasteiger partial charge in [0, 0.05) is 10.6 Å². The van der Waals surface area contributed by atoms with Crippen LogP contribution in [0.3, 0.4) is 0 Å². The highest BCUT2D eigenvalue weighted by atomic mass is 35.5. The van der Waals surface area contributed by atoms with Gasteiger partial charge in [-0.25, -0.2) is 9.82 Å². The Balaban J connectivity index is 1.50. The van der Waals surface area contributed by atoms with Crippen LogP contribution >= 0.6 is 23.2 Å². The lowest BCUT2D eigenvalue weighted by Crippen LogP contribution is -2.32. The summed E-state index contributed by atoms with van der Waals surface area (Å²) in [5.41, 5.74) is 3.44. The molecule has 31 heavy (non-hydrogen) atoms. The fourth-order valence-electron chi connectivity index (χ4n) is 2.42. The molecule has 0 aliphatic heterocycles. The van der Waals surface area contributed by atoms with Crippen molar-refractivity contribution in [2.24, 2.45) is 5.10 Å². The zero-order valence-corrected chi connectivity index (χ0v) is 17.5. The van der Waals surface area contributed by atoms with Crippen LogP contribution in [0.25, 0.3) is 0 Å². The zero-order chi connectivity index (χ0) is 22.2. The summed E-state index contributed by atoms with van der Waals surface area (Å²) >= 11 is 11.8. The summed E-state index contributed by atoms with van der Waals surface area (Å²) in [6, 6.07) is 17.6. The molecule has 2 N–H and O–H groups in total. The maximum absolute atomic E-state index is 13.6. The topological polar surface area (TPSA) is 79.8 Å². The second-order valence-corrected chi connectivity index (χ2v) is 7.07. The van der Waals surface area contributed by atoms with Crippen molar-refractivity contribution in [2.45, 2.75) is 6.61 Å². The van der Waals surface area contributed by atoms with Gasteiger partial charge in [-0.1, -0.05) is 41.4 Å². The van der Waals surface area contributed by atoms with E-state index in [0.29, 0.717) is 21.9 Å². The molecule has 0 fully saturated rings. The lowest BCUT2D eigenvalue weighted by molar-refractivity contribution is -0.136. The number of hydrogen-bond donors (Lipinski definition) is 2. The van der Waals surface area contributed by atoms with Gasteiger partial charge < -0.3 is 10.1 Å². The predicted molar refractivity (Wildman–Crippen MR) is 118 cm³/mol. The molecule has 0 aliphatic rings. The van der Waals surface area contributed by atoms with Gasteiger partial charge >= 0.3 is 11.8 Å². The minimum Gasteiger partial charge on any atom is -0.489 e. The van der Waals surface area contributed by atoms with Crippen LogP contribution in [-0.2, 0) is 16.2 Å². The van der Waals surface area contributed by atoms with E-state index < -0.39 is 11.8 Å². The number of carbonyl (C=O) groups is 2. The molecule has 3 aromatic carbocycles. The molecule has 0 aliphatic carbocycles. The molecule has 6 nitrogen and oxygen atoms in total. The van der Waals surface area contributed by atoms with Crippen molar-refractivity contribution in [1.29, 1.82) is 0 Å². The first kappa shape index (κ1) is 22.3. The summed E-state index contributed by atoms with van der Waals surface area (Å²) < 4.78 is 19.2. The van der Waals surface area contributed by atoms with Gasteiger partial charge in [0.05, 0.1) is 16.9 Å². The maximum atomic E-state index is 13.6. The molecule has 158 valence electrons. The minimum absolute atomic E-state index is 0.0991. The second-order valence-electron chi connectivity index (χ2n) is 6.23. The van der Waals surface area contributed by atoms with E-state index in [0.717, 1.165) is 0 Å². The second kappa shape index (κ2) is 10.6. The molecule has 0 bridgehead atoms. The summed E-state index contributed by atoms with van der Waals surface area (Å²) in [4.78, 5) is 23.8. The monoisotopic (exact) mass is 459 g/mol. The molecule has 2 amide bonds. The number of hydrazone groups is 1. The van der Waals surface area contributed by atoms with Gasteiger partial charge in [0.25, 0.3) is 0 Å². The molecule has 0 spiro atoms. The van der Waals surface area contributed by atoms with Gasteiger partial charge in [-0.05, 0) is 54.1 Å². The third-order valence-electron chi connectivity index (χ3n) is 3.99. The number of anilines is 1. The molecular formula is C22H16Cl2FN3O3. The van der Waals surface area contributed by atoms with E-state index in [1.54, 1.807) is 48.5 Å². The number of amides is 2. The number of rotatable bonds is 6. The molecule has 9 heteroatoms. The first-order valence-corrected chi connectivity index (χ1v) is 9.73. The number of benzene rings is 3. The average Bonchev–Trinajstić information content (AvgIpc) is 2.76. The molecular weight excluding hydrogens is 444 g/mol. The first-order chi connectivity index (χ1) is 14.9. The fraction of sp³-hybridized carbons (Fsp3) is 0.0455. The smallest absolute Gasteiger partial charge is 0.329 e. The van der Waals surface area contributed by atoms with Gasteiger partial charge in [0.15, 0.2) is 0 Å². The zero-order valence-electron chi connectivity index (χ0n) is 15.9. The third-order valence-corrected chi connectivity index (χ3v) is 4.56. The Labute approximate surface area is 187 Å². The largest absolute Gasteiger partial charge is 0.489 e. The van der Waals surface area contributed by atoms with Crippen molar-refractivity contribution in [3.8, 4) is 5.75 Å². The van der Waals surface area contributed by atoms with Crippen LogP contribution < -0.4 is 15.5 Å². The predicted octanol–water partition coefficient (Wildman–Crippen LogP) is 4.80. The highest BCUT2D eigenvalue weighted by Crippen LogP contribution is 2.25. The lowest BCUT2D eigenvalue weighted by Gasteiger charge is -2.07. The van der Waals surface area contributed by atoms with Crippen LogP contribution in [0, 0.1) is 5.82 Å². The Hall–Kier alpha value is -3.42.